The number of carbonyl (C=O) groups excluding carboxylic acids is 3. The molecule has 3 nitrogen and oxygen atoms in total. The van der Waals surface area contributed by atoms with Gasteiger partial charge in [-0.25, -0.2) is 11.6 Å². The average Bonchev–Trinajstić information content (AvgIpc) is 2.80. The van der Waals surface area contributed by atoms with Crippen molar-refractivity contribution in [3.05, 3.63) is 23.8 Å². The predicted octanol–water partition coefficient (Wildman–Crippen LogP) is 1.92. The van der Waals surface area contributed by atoms with Crippen molar-refractivity contribution in [2.24, 2.45) is 0 Å². The second kappa shape index (κ2) is 29.2. The summed E-state index contributed by atoms with van der Waals surface area (Å²) in [5, 5.41) is 0. The van der Waals surface area contributed by atoms with Crippen molar-refractivity contribution in [2.45, 2.75) is 26.2 Å². The molecule has 15 heavy (non-hydrogen) atoms. The molecule has 0 aromatic carbocycles. The van der Waals surface area contributed by atoms with E-state index < -0.39 is 0 Å². The number of allylic oxidation sites excluding steroid dienone is 4. The third-order valence-electron chi connectivity index (χ3n) is 1.29. The van der Waals surface area contributed by atoms with Gasteiger partial charge >= 0.3 is 0 Å². The Balaban J connectivity index is -0.0000000755. The standard InChI is InChI=1S/C8H11.3CH2O.Mn/c1-2-5-8-6-3-4-7-8;3*1-2;/h3,6H,2,4-5H2,1H3;3*1H2;/q-1;;;;. The van der Waals surface area contributed by atoms with Gasteiger partial charge in [-0.05, 0) is 0 Å². The molecule has 0 saturated heterocycles. The van der Waals surface area contributed by atoms with Crippen LogP contribution in [-0.4, -0.2) is 20.4 Å². The van der Waals surface area contributed by atoms with Gasteiger partial charge in [-0.3, -0.25) is 6.08 Å². The Bertz CT molecular complexity index is 162. The van der Waals surface area contributed by atoms with E-state index in [-0.39, 0.29) is 17.1 Å². The van der Waals surface area contributed by atoms with Crippen LogP contribution in [0.25, 0.3) is 0 Å². The van der Waals surface area contributed by atoms with E-state index in [2.05, 4.69) is 25.2 Å². The fraction of sp³-hybridized carbons (Fsp3) is 0.364. The van der Waals surface area contributed by atoms with Crippen LogP contribution in [0.4, 0.5) is 0 Å². The maximum absolute atomic E-state index is 8.00. The molecule has 1 rings (SSSR count). The smallest absolute Gasteiger partial charge is 0.106 e. The molecule has 0 heterocycles. The van der Waals surface area contributed by atoms with Crippen molar-refractivity contribution in [1.82, 2.24) is 0 Å². The van der Waals surface area contributed by atoms with E-state index in [1.54, 1.807) is 0 Å². The van der Waals surface area contributed by atoms with Crippen molar-refractivity contribution < 1.29 is 31.5 Å². The van der Waals surface area contributed by atoms with Gasteiger partial charge in [-0.2, -0.15) is 6.08 Å². The Morgan fingerprint density at radius 3 is 1.93 bits per heavy atom. The maximum atomic E-state index is 8.00. The van der Waals surface area contributed by atoms with Crippen molar-refractivity contribution in [1.29, 1.82) is 0 Å². The van der Waals surface area contributed by atoms with Gasteiger partial charge in [0.1, 0.15) is 20.4 Å². The van der Waals surface area contributed by atoms with Crippen LogP contribution >= 0.6 is 0 Å². The number of rotatable bonds is 2. The molecule has 4 heteroatoms. The molecule has 0 atom stereocenters. The maximum Gasteiger partial charge on any atom is 0.106 e. The summed E-state index contributed by atoms with van der Waals surface area (Å²) in [4.78, 5) is 24.0. The van der Waals surface area contributed by atoms with Crippen LogP contribution in [0, 0.1) is 6.08 Å². The first kappa shape index (κ1) is 23.7. The fourth-order valence-electron chi connectivity index (χ4n) is 0.891. The minimum atomic E-state index is 0. The average molecular weight is 252 g/mol. The Morgan fingerprint density at radius 1 is 1.20 bits per heavy atom. The first-order valence-electron chi connectivity index (χ1n) is 4.06. The monoisotopic (exact) mass is 252 g/mol. The summed E-state index contributed by atoms with van der Waals surface area (Å²) in [5.41, 5.74) is 1.40. The second-order valence-corrected chi connectivity index (χ2v) is 2.06. The summed E-state index contributed by atoms with van der Waals surface area (Å²) >= 11 is 0. The van der Waals surface area contributed by atoms with Crippen LogP contribution < -0.4 is 0 Å². The van der Waals surface area contributed by atoms with Crippen molar-refractivity contribution in [3.63, 3.8) is 0 Å². The molecule has 0 spiro atoms. The zero-order valence-electron chi connectivity index (χ0n) is 9.00. The topological polar surface area (TPSA) is 51.2 Å². The number of hydrogen-bond donors (Lipinski definition) is 0. The Kier molecular flexibility index (Phi) is 46.1. The third-order valence-corrected chi connectivity index (χ3v) is 1.29. The summed E-state index contributed by atoms with van der Waals surface area (Å²) in [6.45, 7) is 8.20. The minimum absolute atomic E-state index is 0. The molecule has 0 N–H and O–H groups in total. The Hall–Kier alpha value is -0.991. The van der Waals surface area contributed by atoms with E-state index in [4.69, 9.17) is 14.4 Å². The van der Waals surface area contributed by atoms with E-state index in [1.807, 2.05) is 20.4 Å². The summed E-state index contributed by atoms with van der Waals surface area (Å²) in [7, 11) is 0. The largest absolute Gasteiger partial charge is 0.307 e. The van der Waals surface area contributed by atoms with Crippen LogP contribution in [0.5, 0.6) is 0 Å². The van der Waals surface area contributed by atoms with Crippen molar-refractivity contribution in [3.8, 4) is 0 Å². The quantitative estimate of drug-likeness (QED) is 0.557. The second-order valence-electron chi connectivity index (χ2n) is 2.06. The molecule has 0 bridgehead atoms. The molecule has 0 fully saturated rings. The van der Waals surface area contributed by atoms with Gasteiger partial charge in [-0.1, -0.05) is 19.8 Å². The van der Waals surface area contributed by atoms with E-state index >= 15 is 0 Å². The molecule has 0 unspecified atom stereocenters. The van der Waals surface area contributed by atoms with Gasteiger partial charge in [0, 0.05) is 17.1 Å². The zero-order valence-corrected chi connectivity index (χ0v) is 10.2. The Labute approximate surface area is 102 Å². The Morgan fingerprint density at radius 2 is 1.67 bits per heavy atom. The van der Waals surface area contributed by atoms with Gasteiger partial charge in [-0.15, -0.1) is 6.42 Å². The van der Waals surface area contributed by atoms with E-state index in [0.717, 1.165) is 6.42 Å². The molecule has 1 aliphatic carbocycles. The molecule has 0 aromatic heterocycles. The van der Waals surface area contributed by atoms with Gasteiger partial charge in [0.25, 0.3) is 0 Å². The van der Waals surface area contributed by atoms with Crippen molar-refractivity contribution >= 4 is 20.4 Å². The first-order chi connectivity index (χ1) is 6.93. The van der Waals surface area contributed by atoms with Gasteiger partial charge in [0.15, 0.2) is 0 Å². The van der Waals surface area contributed by atoms with E-state index in [9.17, 15) is 0 Å². The number of carbonyl (C=O) groups is 3. The molecule has 0 saturated carbocycles. The molecular formula is C11H17MnO3-. The summed E-state index contributed by atoms with van der Waals surface area (Å²) in [6.07, 6.45) is 11.1. The molecule has 1 aliphatic rings. The summed E-state index contributed by atoms with van der Waals surface area (Å²) in [6, 6.07) is 0. The van der Waals surface area contributed by atoms with Gasteiger partial charge < -0.3 is 14.4 Å². The van der Waals surface area contributed by atoms with Crippen LogP contribution in [0.3, 0.4) is 0 Å². The van der Waals surface area contributed by atoms with Gasteiger partial charge in [0.2, 0.25) is 0 Å². The van der Waals surface area contributed by atoms with Crippen molar-refractivity contribution in [2.75, 3.05) is 0 Å². The molecule has 0 aromatic rings. The predicted molar refractivity (Wildman–Crippen MR) is 56.8 cm³/mol. The normalized spacial score (nSPS) is 9.80. The van der Waals surface area contributed by atoms with Crippen LogP contribution in [0.1, 0.15) is 26.2 Å². The zero-order chi connectivity index (χ0) is 11.8. The molecule has 87 valence electrons. The fourth-order valence-corrected chi connectivity index (χ4v) is 0.891. The first-order valence-corrected chi connectivity index (χ1v) is 4.06. The molecule has 0 aliphatic heterocycles. The molecule has 0 amide bonds. The third kappa shape index (κ3) is 19.4. The van der Waals surface area contributed by atoms with E-state index in [1.165, 1.54) is 18.4 Å². The molecular weight excluding hydrogens is 235 g/mol. The SMILES string of the molecule is C=O.C=O.C=O.CCCC1=[C-]CC=C1.[Mn]. The van der Waals surface area contributed by atoms with Crippen LogP contribution in [0.2, 0.25) is 0 Å². The summed E-state index contributed by atoms with van der Waals surface area (Å²) in [5.74, 6) is 0. The van der Waals surface area contributed by atoms with E-state index in [0.29, 0.717) is 0 Å². The number of hydrogen-bond acceptors (Lipinski definition) is 3. The minimum Gasteiger partial charge on any atom is -0.307 e. The van der Waals surface area contributed by atoms with Crippen LogP contribution in [0.15, 0.2) is 17.7 Å². The summed E-state index contributed by atoms with van der Waals surface area (Å²) < 4.78 is 0. The van der Waals surface area contributed by atoms with Crippen LogP contribution in [-0.2, 0) is 31.5 Å². The van der Waals surface area contributed by atoms with Gasteiger partial charge in [0.05, 0.1) is 0 Å². The molecule has 1 radical (unpaired) electrons.